The molecule has 0 radical (unpaired) electrons. The monoisotopic (exact) mass is 537 g/mol. The van der Waals surface area contributed by atoms with Gasteiger partial charge in [0.15, 0.2) is 10.9 Å². The van der Waals surface area contributed by atoms with Gasteiger partial charge < -0.3 is 9.73 Å². The molecule has 2 heterocycles. The van der Waals surface area contributed by atoms with Gasteiger partial charge in [0, 0.05) is 16.8 Å². The van der Waals surface area contributed by atoms with E-state index in [0.717, 1.165) is 32.0 Å². The predicted molar refractivity (Wildman–Crippen MR) is 148 cm³/mol. The fourth-order valence-corrected chi connectivity index (χ4v) is 5.11. The summed E-state index contributed by atoms with van der Waals surface area (Å²) in [6.07, 6.45) is 0. The summed E-state index contributed by atoms with van der Waals surface area (Å²) in [5, 5.41) is 7.59. The molecule has 0 saturated heterocycles. The summed E-state index contributed by atoms with van der Waals surface area (Å²) in [6.45, 7) is 1.97. The maximum absolute atomic E-state index is 12.7. The second kappa shape index (κ2) is 9.79. The van der Waals surface area contributed by atoms with Crippen molar-refractivity contribution in [2.45, 2.75) is 6.92 Å². The predicted octanol–water partition coefficient (Wildman–Crippen LogP) is 7.97. The van der Waals surface area contributed by atoms with Gasteiger partial charge in [-0.2, -0.15) is 0 Å². The number of aromatic nitrogens is 1. The molecule has 2 N–H and O–H groups in total. The number of hydrogen-bond donors (Lipinski definition) is 2. The van der Waals surface area contributed by atoms with E-state index in [-0.39, 0.29) is 10.9 Å². The quantitative estimate of drug-likeness (QED) is 0.227. The molecule has 2 aromatic heterocycles. The summed E-state index contributed by atoms with van der Waals surface area (Å²) in [6, 6.07) is 22.4. The molecule has 1 amide bonds. The fourth-order valence-electron chi connectivity index (χ4n) is 3.55. The van der Waals surface area contributed by atoms with Crippen molar-refractivity contribution in [3.63, 3.8) is 0 Å². The Morgan fingerprint density at radius 1 is 1.03 bits per heavy atom. The average molecular weight is 538 g/mol. The topological polar surface area (TPSA) is 67.2 Å². The first-order valence-electron chi connectivity index (χ1n) is 10.5. The van der Waals surface area contributed by atoms with Crippen LogP contribution in [0.4, 0.5) is 5.69 Å². The number of para-hydroxylation sites is 1. The second-order valence-corrected chi connectivity index (χ2v) is 9.91. The number of halogens is 2. The Morgan fingerprint density at radius 3 is 2.66 bits per heavy atom. The number of aryl methyl sites for hydroxylation is 1. The molecule has 0 bridgehead atoms. The van der Waals surface area contributed by atoms with Crippen LogP contribution in [-0.4, -0.2) is 16.0 Å². The van der Waals surface area contributed by atoms with Gasteiger partial charge >= 0.3 is 0 Å². The van der Waals surface area contributed by atoms with E-state index >= 15 is 0 Å². The minimum absolute atomic E-state index is 0.100. The number of carbonyl (C=O) groups excluding carboxylic acids is 1. The highest BCUT2D eigenvalue weighted by Crippen LogP contribution is 2.34. The van der Waals surface area contributed by atoms with Crippen molar-refractivity contribution in [2.24, 2.45) is 0 Å². The highest BCUT2D eigenvalue weighted by Gasteiger charge is 2.16. The Morgan fingerprint density at radius 2 is 1.86 bits per heavy atom. The van der Waals surface area contributed by atoms with E-state index in [9.17, 15) is 4.79 Å². The number of hydrogen-bond acceptors (Lipinski definition) is 5. The fraction of sp³-hybridized carbons (Fsp3) is 0.0385. The van der Waals surface area contributed by atoms with Gasteiger partial charge in [-0.3, -0.25) is 10.1 Å². The molecule has 9 heteroatoms. The molecule has 0 aliphatic carbocycles. The molecule has 0 aliphatic heterocycles. The van der Waals surface area contributed by atoms with Gasteiger partial charge in [-0.15, -0.1) is 11.3 Å². The minimum Gasteiger partial charge on any atom is -0.451 e. The number of amides is 1. The Balaban J connectivity index is 1.27. The summed E-state index contributed by atoms with van der Waals surface area (Å²) in [7, 11) is 0. The van der Waals surface area contributed by atoms with E-state index < -0.39 is 5.91 Å². The Labute approximate surface area is 220 Å². The number of anilines is 1. The molecule has 0 spiro atoms. The van der Waals surface area contributed by atoms with Gasteiger partial charge in [0.25, 0.3) is 5.91 Å². The zero-order valence-electron chi connectivity index (χ0n) is 18.3. The Hall–Kier alpha value is -3.23. The third-order valence-electron chi connectivity index (χ3n) is 5.29. The van der Waals surface area contributed by atoms with E-state index in [1.165, 1.54) is 0 Å². The molecule has 0 atom stereocenters. The molecule has 0 aliphatic rings. The van der Waals surface area contributed by atoms with Crippen LogP contribution < -0.4 is 10.6 Å². The highest BCUT2D eigenvalue weighted by molar-refractivity contribution is 7.80. The lowest BCUT2D eigenvalue weighted by molar-refractivity contribution is 0.0951. The molecule has 0 fully saturated rings. The van der Waals surface area contributed by atoms with Crippen molar-refractivity contribution in [1.29, 1.82) is 0 Å². The molecule has 5 nitrogen and oxygen atoms in total. The van der Waals surface area contributed by atoms with Crippen LogP contribution in [0, 0.1) is 6.92 Å². The summed E-state index contributed by atoms with van der Waals surface area (Å²) in [5.74, 6) is 0.0570. The van der Waals surface area contributed by atoms with Crippen molar-refractivity contribution in [1.82, 2.24) is 10.3 Å². The Bertz CT molecular complexity index is 1560. The molecule has 0 saturated carbocycles. The SMILES string of the molecule is Cc1cc(-c2nc3ccccc3s2)ccc1NC(=S)NC(=O)c1ccc(-c2cccc(Cl)c2Cl)o1. The van der Waals surface area contributed by atoms with Gasteiger partial charge in [-0.25, -0.2) is 4.98 Å². The van der Waals surface area contributed by atoms with Crippen LogP contribution in [0.2, 0.25) is 10.0 Å². The molecular weight excluding hydrogens is 521 g/mol. The number of rotatable bonds is 4. The summed E-state index contributed by atoms with van der Waals surface area (Å²) < 4.78 is 6.83. The summed E-state index contributed by atoms with van der Waals surface area (Å²) >= 11 is 19.3. The molecule has 3 aromatic carbocycles. The smallest absolute Gasteiger partial charge is 0.293 e. The number of benzene rings is 3. The van der Waals surface area contributed by atoms with Crippen LogP contribution in [0.3, 0.4) is 0 Å². The number of fused-ring (bicyclic) bond motifs is 1. The largest absolute Gasteiger partial charge is 0.451 e. The number of furan rings is 1. The molecule has 174 valence electrons. The van der Waals surface area contributed by atoms with E-state index in [2.05, 4.69) is 16.7 Å². The number of carbonyl (C=O) groups is 1. The van der Waals surface area contributed by atoms with E-state index in [1.807, 2.05) is 43.3 Å². The number of nitrogens with one attached hydrogen (secondary N) is 2. The van der Waals surface area contributed by atoms with Crippen LogP contribution in [0.5, 0.6) is 0 Å². The van der Waals surface area contributed by atoms with Crippen molar-refractivity contribution >= 4 is 73.7 Å². The summed E-state index contributed by atoms with van der Waals surface area (Å²) in [5.41, 5.74) is 4.35. The van der Waals surface area contributed by atoms with Gasteiger partial charge in [0.2, 0.25) is 0 Å². The van der Waals surface area contributed by atoms with E-state index in [1.54, 1.807) is 41.7 Å². The van der Waals surface area contributed by atoms with Crippen molar-refractivity contribution in [3.8, 4) is 21.9 Å². The zero-order valence-corrected chi connectivity index (χ0v) is 21.4. The number of thiazole rings is 1. The second-order valence-electron chi connectivity index (χ2n) is 7.69. The first-order chi connectivity index (χ1) is 16.9. The lowest BCUT2D eigenvalue weighted by atomic mass is 10.1. The van der Waals surface area contributed by atoms with Crippen LogP contribution in [0.15, 0.2) is 77.2 Å². The van der Waals surface area contributed by atoms with Crippen molar-refractivity contribution in [2.75, 3.05) is 5.32 Å². The molecule has 0 unspecified atom stereocenters. The molecule has 35 heavy (non-hydrogen) atoms. The first kappa shape index (κ1) is 23.5. The van der Waals surface area contributed by atoms with Crippen LogP contribution in [0.1, 0.15) is 16.1 Å². The summed E-state index contributed by atoms with van der Waals surface area (Å²) in [4.78, 5) is 17.4. The third kappa shape index (κ3) is 4.94. The van der Waals surface area contributed by atoms with E-state index in [0.29, 0.717) is 21.4 Å². The van der Waals surface area contributed by atoms with Gasteiger partial charge in [0.05, 0.1) is 20.3 Å². The van der Waals surface area contributed by atoms with Gasteiger partial charge in [0.1, 0.15) is 10.8 Å². The van der Waals surface area contributed by atoms with Gasteiger partial charge in [-0.05, 0) is 79.3 Å². The maximum Gasteiger partial charge on any atom is 0.293 e. The average Bonchev–Trinajstić information content (AvgIpc) is 3.50. The lowest BCUT2D eigenvalue weighted by Gasteiger charge is -2.12. The van der Waals surface area contributed by atoms with Gasteiger partial charge in [-0.1, -0.05) is 41.4 Å². The van der Waals surface area contributed by atoms with Crippen LogP contribution >= 0.6 is 46.8 Å². The van der Waals surface area contributed by atoms with Crippen LogP contribution in [0.25, 0.3) is 32.1 Å². The third-order valence-corrected chi connectivity index (χ3v) is 7.40. The molecule has 5 rings (SSSR count). The zero-order chi connectivity index (χ0) is 24.5. The first-order valence-corrected chi connectivity index (χ1v) is 12.5. The van der Waals surface area contributed by atoms with Crippen molar-refractivity contribution < 1.29 is 9.21 Å². The Kier molecular flexibility index (Phi) is 6.58. The van der Waals surface area contributed by atoms with Crippen LogP contribution in [-0.2, 0) is 0 Å². The normalized spacial score (nSPS) is 10.9. The number of nitrogens with zero attached hydrogens (tertiary/aromatic N) is 1. The standard InChI is InChI=1S/C26H17Cl2N3O2S2/c1-14-13-15(25-29-19-7-2-3-8-22(19)35-25)9-10-18(14)30-26(34)31-24(32)21-12-11-20(33-21)16-5-4-6-17(27)23(16)28/h2-13H,1H3,(H2,30,31,32,34). The highest BCUT2D eigenvalue weighted by atomic mass is 35.5. The lowest BCUT2D eigenvalue weighted by Crippen LogP contribution is -2.34. The maximum atomic E-state index is 12.7. The van der Waals surface area contributed by atoms with E-state index in [4.69, 9.17) is 44.8 Å². The van der Waals surface area contributed by atoms with Crippen molar-refractivity contribution in [3.05, 3.63) is 94.2 Å². The molecule has 5 aromatic rings. The number of thiocarbonyl (C=S) groups is 1. The minimum atomic E-state index is -0.476. The molecular formula is C26H17Cl2N3O2S2.